The topological polar surface area (TPSA) is 112 Å². The van der Waals surface area contributed by atoms with Gasteiger partial charge in [-0.15, -0.1) is 0 Å². The van der Waals surface area contributed by atoms with E-state index >= 15 is 4.39 Å². The van der Waals surface area contributed by atoms with Crippen molar-refractivity contribution in [3.63, 3.8) is 0 Å². The number of carbonyl (C=O) groups is 2. The highest BCUT2D eigenvalue weighted by atomic mass is 19.1. The van der Waals surface area contributed by atoms with E-state index in [-0.39, 0.29) is 17.8 Å². The van der Waals surface area contributed by atoms with Crippen LogP contribution in [0.3, 0.4) is 0 Å². The zero-order chi connectivity index (χ0) is 29.4. The summed E-state index contributed by atoms with van der Waals surface area (Å²) in [4.78, 5) is 36.4. The van der Waals surface area contributed by atoms with Gasteiger partial charge >= 0.3 is 0 Å². The fourth-order valence-electron chi connectivity index (χ4n) is 5.74. The molecule has 222 valence electrons. The molecular formula is C30H48FN7O2. The lowest BCUT2D eigenvalue weighted by Gasteiger charge is -2.38. The molecule has 2 fully saturated rings. The molecule has 4 N–H and O–H groups in total. The van der Waals surface area contributed by atoms with Crippen LogP contribution in [0.25, 0.3) is 0 Å². The zero-order valence-electron chi connectivity index (χ0n) is 24.9. The molecule has 3 rings (SSSR count). The van der Waals surface area contributed by atoms with Crippen LogP contribution in [-0.4, -0.2) is 97.3 Å². The molecule has 0 radical (unpaired) electrons. The largest absolute Gasteiger partial charge is 0.353 e. The van der Waals surface area contributed by atoms with Gasteiger partial charge in [-0.3, -0.25) is 24.4 Å². The number of aliphatic imine (C=N–C) groups is 1. The van der Waals surface area contributed by atoms with Gasteiger partial charge in [0.2, 0.25) is 12.3 Å². The lowest BCUT2D eigenvalue weighted by atomic mass is 9.99. The van der Waals surface area contributed by atoms with Crippen molar-refractivity contribution in [3.8, 4) is 0 Å². The summed E-state index contributed by atoms with van der Waals surface area (Å²) < 4.78 is 15.3. The van der Waals surface area contributed by atoms with Gasteiger partial charge in [0.05, 0.1) is 11.2 Å². The van der Waals surface area contributed by atoms with E-state index in [9.17, 15) is 9.59 Å². The number of anilines is 1. The molecule has 0 saturated carbocycles. The maximum Gasteiger partial charge on any atom is 0.242 e. The van der Waals surface area contributed by atoms with Crippen molar-refractivity contribution < 1.29 is 14.0 Å². The Labute approximate surface area is 239 Å². The van der Waals surface area contributed by atoms with Crippen LogP contribution >= 0.6 is 0 Å². The van der Waals surface area contributed by atoms with Crippen molar-refractivity contribution in [2.24, 2.45) is 28.3 Å². The molecule has 40 heavy (non-hydrogen) atoms. The minimum Gasteiger partial charge on any atom is -0.353 e. The Morgan fingerprint density at radius 2 is 1.90 bits per heavy atom. The summed E-state index contributed by atoms with van der Waals surface area (Å²) in [5.74, 6) is 1.33. The molecule has 2 amide bonds. The first kappa shape index (κ1) is 31.7. The van der Waals surface area contributed by atoms with E-state index in [4.69, 9.17) is 11.5 Å². The minimum atomic E-state index is -0.907. The third-order valence-corrected chi connectivity index (χ3v) is 8.20. The number of carbonyl (C=O) groups excluding carboxylic acids is 2. The van der Waals surface area contributed by atoms with Gasteiger partial charge in [-0.1, -0.05) is 26.3 Å². The zero-order valence-corrected chi connectivity index (χ0v) is 24.9. The minimum absolute atomic E-state index is 0.0777. The van der Waals surface area contributed by atoms with E-state index < -0.39 is 5.54 Å². The first-order chi connectivity index (χ1) is 19.0. The second kappa shape index (κ2) is 14.2. The Morgan fingerprint density at radius 1 is 1.23 bits per heavy atom. The molecule has 2 heterocycles. The van der Waals surface area contributed by atoms with Crippen LogP contribution in [0.4, 0.5) is 10.1 Å². The van der Waals surface area contributed by atoms with Crippen molar-refractivity contribution >= 4 is 23.8 Å². The number of hydrogen-bond donors (Lipinski definition) is 2. The van der Waals surface area contributed by atoms with Crippen LogP contribution in [0.2, 0.25) is 0 Å². The third kappa shape index (κ3) is 7.89. The summed E-state index contributed by atoms with van der Waals surface area (Å²) in [6.07, 6.45) is 6.66. The van der Waals surface area contributed by atoms with Crippen molar-refractivity contribution in [3.05, 3.63) is 41.9 Å². The molecule has 3 atom stereocenters. The van der Waals surface area contributed by atoms with Gasteiger partial charge in [-0.05, 0) is 68.8 Å². The number of piperazine rings is 1. The Bertz CT molecular complexity index is 1060. The van der Waals surface area contributed by atoms with Gasteiger partial charge in [-0.25, -0.2) is 4.39 Å². The van der Waals surface area contributed by atoms with Gasteiger partial charge in [-0.2, -0.15) is 0 Å². The van der Waals surface area contributed by atoms with Crippen molar-refractivity contribution in [2.75, 3.05) is 57.8 Å². The lowest BCUT2D eigenvalue weighted by Crippen LogP contribution is -2.57. The molecule has 2 aliphatic rings. The summed E-state index contributed by atoms with van der Waals surface area (Å²) in [5.41, 5.74) is 12.1. The predicted octanol–water partition coefficient (Wildman–Crippen LogP) is 2.45. The van der Waals surface area contributed by atoms with Crippen LogP contribution in [-0.2, 0) is 16.0 Å². The van der Waals surface area contributed by atoms with Crippen LogP contribution in [0.5, 0.6) is 0 Å². The summed E-state index contributed by atoms with van der Waals surface area (Å²) in [7, 11) is 1.68. The quantitative estimate of drug-likeness (QED) is 0.246. The normalized spacial score (nSPS) is 21.8. The Kier molecular flexibility index (Phi) is 11.2. The number of amides is 2. The molecule has 2 saturated heterocycles. The van der Waals surface area contributed by atoms with Crippen LogP contribution < -0.4 is 16.4 Å². The summed E-state index contributed by atoms with van der Waals surface area (Å²) >= 11 is 0. The summed E-state index contributed by atoms with van der Waals surface area (Å²) in [6.45, 7) is 12.7. The molecule has 0 aliphatic carbocycles. The van der Waals surface area contributed by atoms with E-state index in [1.54, 1.807) is 50.2 Å². The SMILES string of the molecule is CCCC(Cc1ccc(N(C=O)/C=C\C(=NC)N2CCN(C(=O)C(C)(C)N)CC2)cc1F)N1CC(C)[C@H](CN)C1. The van der Waals surface area contributed by atoms with E-state index in [1.807, 2.05) is 0 Å². The number of rotatable bonds is 11. The van der Waals surface area contributed by atoms with Crippen LogP contribution in [0.15, 0.2) is 35.5 Å². The van der Waals surface area contributed by atoms with E-state index in [2.05, 4.69) is 28.6 Å². The highest BCUT2D eigenvalue weighted by molar-refractivity contribution is 5.94. The molecular weight excluding hydrogens is 509 g/mol. The maximum atomic E-state index is 15.3. The summed E-state index contributed by atoms with van der Waals surface area (Å²) in [5, 5.41) is 0. The van der Waals surface area contributed by atoms with Crippen LogP contribution in [0.1, 0.15) is 46.1 Å². The Morgan fingerprint density at radius 3 is 2.42 bits per heavy atom. The molecule has 10 heteroatoms. The lowest BCUT2D eigenvalue weighted by molar-refractivity contribution is -0.137. The molecule has 9 nitrogen and oxygen atoms in total. The highest BCUT2D eigenvalue weighted by Gasteiger charge is 2.33. The summed E-state index contributed by atoms with van der Waals surface area (Å²) in [6, 6.07) is 5.27. The first-order valence-corrected chi connectivity index (χ1v) is 14.5. The average molecular weight is 558 g/mol. The van der Waals surface area contributed by atoms with Crippen molar-refractivity contribution in [2.45, 2.75) is 58.5 Å². The Hall–Kier alpha value is -2.82. The molecule has 2 aliphatic heterocycles. The van der Waals surface area contributed by atoms with E-state index in [0.29, 0.717) is 74.5 Å². The van der Waals surface area contributed by atoms with Gasteiger partial charge in [0, 0.05) is 58.6 Å². The predicted molar refractivity (Wildman–Crippen MR) is 160 cm³/mol. The second-order valence-corrected chi connectivity index (χ2v) is 11.8. The maximum absolute atomic E-state index is 15.3. The van der Waals surface area contributed by atoms with E-state index in [0.717, 1.165) is 25.9 Å². The second-order valence-electron chi connectivity index (χ2n) is 11.8. The number of halogens is 1. The fraction of sp³-hybridized carbons (Fsp3) is 0.633. The molecule has 0 spiro atoms. The van der Waals surface area contributed by atoms with Crippen molar-refractivity contribution in [1.29, 1.82) is 0 Å². The first-order valence-electron chi connectivity index (χ1n) is 14.5. The monoisotopic (exact) mass is 557 g/mol. The number of hydrogen-bond acceptors (Lipinski definition) is 6. The fourth-order valence-corrected chi connectivity index (χ4v) is 5.74. The molecule has 0 aromatic heterocycles. The standard InChI is InChI=1S/C30H48FN7O2/c1-6-7-25(38-19-22(2)24(18-32)20-38)16-23-8-9-26(17-27(23)31)37(21-39)11-10-28(34-5)35-12-14-36(15-13-35)29(40)30(3,4)33/h8-11,17,21-22,24-25H,6-7,12-16,18-20,32-33H2,1-5H3/b11-10-,34-28?/t22?,24-,25?/m1/s1. The number of benzene rings is 1. The molecule has 2 unspecified atom stereocenters. The number of nitrogens with zero attached hydrogens (tertiary/aromatic N) is 5. The number of likely N-dealkylation sites (tertiary alicyclic amines) is 1. The van der Waals surface area contributed by atoms with Gasteiger partial charge in [0.25, 0.3) is 0 Å². The third-order valence-electron chi connectivity index (χ3n) is 8.20. The van der Waals surface area contributed by atoms with E-state index in [1.165, 1.54) is 11.0 Å². The number of nitrogens with two attached hydrogens (primary N) is 2. The average Bonchev–Trinajstić information content (AvgIpc) is 3.31. The Balaban J connectivity index is 1.65. The van der Waals surface area contributed by atoms with Gasteiger partial charge in [0.15, 0.2) is 0 Å². The molecule has 0 bridgehead atoms. The number of amidine groups is 1. The van der Waals surface area contributed by atoms with Crippen LogP contribution in [0, 0.1) is 17.7 Å². The molecule has 1 aromatic carbocycles. The van der Waals surface area contributed by atoms with Crippen molar-refractivity contribution in [1.82, 2.24) is 14.7 Å². The van der Waals surface area contributed by atoms with Gasteiger partial charge in [0.1, 0.15) is 11.7 Å². The molecule has 1 aromatic rings. The highest BCUT2D eigenvalue weighted by Crippen LogP contribution is 2.28. The van der Waals surface area contributed by atoms with Gasteiger partial charge < -0.3 is 21.3 Å². The smallest absolute Gasteiger partial charge is 0.242 e.